The molecule has 3 aromatic rings. The zero-order chi connectivity index (χ0) is 24.1. The molecule has 0 atom stereocenters. The molecular formula is C26H33N5O3. The van der Waals surface area contributed by atoms with Crippen molar-refractivity contribution in [2.75, 3.05) is 38.5 Å². The third kappa shape index (κ3) is 5.50. The van der Waals surface area contributed by atoms with Crippen molar-refractivity contribution < 1.29 is 14.3 Å². The molecule has 2 aromatic carbocycles. The molecule has 8 nitrogen and oxygen atoms in total. The zero-order valence-electron chi connectivity index (χ0n) is 20.3. The average Bonchev–Trinajstić information content (AvgIpc) is 2.84. The number of methoxy groups -OCH3 is 2. The molecule has 4 rings (SSSR count). The Bertz CT molecular complexity index is 1140. The number of rotatable bonds is 8. The molecule has 1 aromatic heterocycles. The van der Waals surface area contributed by atoms with Crippen LogP contribution in [0, 0.1) is 0 Å². The summed E-state index contributed by atoms with van der Waals surface area (Å²) in [5.74, 6) is 2.96. The van der Waals surface area contributed by atoms with Gasteiger partial charge in [-0.3, -0.25) is 4.79 Å². The van der Waals surface area contributed by atoms with Crippen LogP contribution in [0.15, 0.2) is 42.5 Å². The number of carbonyl (C=O) groups excluding carboxylic acids is 1. The first-order valence-corrected chi connectivity index (χ1v) is 11.7. The highest BCUT2D eigenvalue weighted by atomic mass is 16.5. The molecule has 1 aliphatic rings. The highest BCUT2D eigenvalue weighted by Crippen LogP contribution is 2.27. The van der Waals surface area contributed by atoms with E-state index in [2.05, 4.69) is 10.6 Å². The van der Waals surface area contributed by atoms with E-state index in [1.807, 2.05) is 61.5 Å². The van der Waals surface area contributed by atoms with Crippen LogP contribution in [-0.2, 0) is 11.2 Å². The van der Waals surface area contributed by atoms with Gasteiger partial charge in [0.1, 0.15) is 17.3 Å². The minimum Gasteiger partial charge on any atom is -0.497 e. The van der Waals surface area contributed by atoms with Gasteiger partial charge in [-0.25, -0.2) is 4.98 Å². The highest BCUT2D eigenvalue weighted by molar-refractivity contribution is 5.90. The van der Waals surface area contributed by atoms with E-state index in [0.29, 0.717) is 17.4 Å². The van der Waals surface area contributed by atoms with Gasteiger partial charge < -0.3 is 25.0 Å². The minimum atomic E-state index is -0.00329. The highest BCUT2D eigenvalue weighted by Gasteiger charge is 2.24. The minimum absolute atomic E-state index is 0.00329. The Morgan fingerprint density at radius 1 is 1.00 bits per heavy atom. The summed E-state index contributed by atoms with van der Waals surface area (Å²) in [6, 6.07) is 14.0. The first kappa shape index (κ1) is 23.6. The van der Waals surface area contributed by atoms with Crippen LogP contribution in [-0.4, -0.2) is 56.3 Å². The molecule has 0 bridgehead atoms. The van der Waals surface area contributed by atoms with Crippen LogP contribution in [0.5, 0.6) is 11.5 Å². The maximum atomic E-state index is 12.7. The molecule has 1 amide bonds. The number of carbonyl (C=O) groups is 1. The van der Waals surface area contributed by atoms with Gasteiger partial charge in [0.15, 0.2) is 0 Å². The van der Waals surface area contributed by atoms with E-state index in [-0.39, 0.29) is 24.4 Å². The molecule has 0 saturated heterocycles. The van der Waals surface area contributed by atoms with E-state index < -0.39 is 0 Å². The van der Waals surface area contributed by atoms with Crippen molar-refractivity contribution in [1.29, 1.82) is 0 Å². The summed E-state index contributed by atoms with van der Waals surface area (Å²) in [6.45, 7) is 0. The zero-order valence-corrected chi connectivity index (χ0v) is 20.3. The first-order valence-electron chi connectivity index (χ1n) is 11.7. The van der Waals surface area contributed by atoms with Crippen molar-refractivity contribution in [3.63, 3.8) is 0 Å². The van der Waals surface area contributed by atoms with Gasteiger partial charge in [-0.15, -0.1) is 0 Å². The number of hydrogen-bond acceptors (Lipinski definition) is 7. The molecule has 1 saturated carbocycles. The molecule has 0 spiro atoms. The lowest BCUT2D eigenvalue weighted by atomic mass is 9.91. The van der Waals surface area contributed by atoms with Gasteiger partial charge >= 0.3 is 0 Å². The Kier molecular flexibility index (Phi) is 7.35. The van der Waals surface area contributed by atoms with Crippen LogP contribution in [0.2, 0.25) is 0 Å². The summed E-state index contributed by atoms with van der Waals surface area (Å²) in [5.41, 5.74) is 1.75. The van der Waals surface area contributed by atoms with E-state index in [1.54, 1.807) is 14.2 Å². The maximum absolute atomic E-state index is 12.7. The molecule has 0 radical (unpaired) electrons. The predicted octanol–water partition coefficient (Wildman–Crippen LogP) is 3.80. The molecular weight excluding hydrogens is 430 g/mol. The predicted molar refractivity (Wildman–Crippen MR) is 135 cm³/mol. The number of nitrogens with one attached hydrogen (secondary N) is 2. The van der Waals surface area contributed by atoms with Gasteiger partial charge in [-0.2, -0.15) is 4.98 Å². The summed E-state index contributed by atoms with van der Waals surface area (Å²) >= 11 is 0. The number of ether oxygens (including phenoxy) is 2. The van der Waals surface area contributed by atoms with Crippen molar-refractivity contribution >= 4 is 28.6 Å². The molecule has 1 heterocycles. The molecule has 2 N–H and O–H groups in total. The summed E-state index contributed by atoms with van der Waals surface area (Å²) in [6.07, 6.45) is 3.97. The lowest BCUT2D eigenvalue weighted by molar-refractivity contribution is -0.121. The number of nitrogens with zero attached hydrogens (tertiary/aromatic N) is 3. The monoisotopic (exact) mass is 463 g/mol. The van der Waals surface area contributed by atoms with Crippen LogP contribution < -0.4 is 25.0 Å². The van der Waals surface area contributed by atoms with E-state index in [0.717, 1.165) is 48.0 Å². The molecule has 34 heavy (non-hydrogen) atoms. The number of anilines is 2. The summed E-state index contributed by atoms with van der Waals surface area (Å²) in [7, 11) is 7.21. The van der Waals surface area contributed by atoms with Gasteiger partial charge in [0, 0.05) is 37.1 Å². The fourth-order valence-corrected chi connectivity index (χ4v) is 4.50. The standard InChI is InChI=1S/C26H33N5O3/c1-31(2)25-21-7-5-6-8-22(21)29-26(30-25)28-19-11-9-18(10-12-19)27-24(32)16-17-15-20(33-3)13-14-23(17)34-4/h5-8,13-15,18-19H,9-12,16H2,1-4H3,(H,27,32)(H,28,29,30)/t18-,19+. The topological polar surface area (TPSA) is 88.6 Å². The Hall–Kier alpha value is -3.55. The second-order valence-electron chi connectivity index (χ2n) is 8.90. The molecule has 0 aliphatic heterocycles. The smallest absolute Gasteiger partial charge is 0.225 e. The second-order valence-corrected chi connectivity index (χ2v) is 8.90. The van der Waals surface area contributed by atoms with Gasteiger partial charge in [0.05, 0.1) is 26.2 Å². The molecule has 180 valence electrons. The van der Waals surface area contributed by atoms with Crippen molar-refractivity contribution in [1.82, 2.24) is 15.3 Å². The lowest BCUT2D eigenvalue weighted by Gasteiger charge is -2.30. The van der Waals surface area contributed by atoms with Crippen molar-refractivity contribution in [3.05, 3.63) is 48.0 Å². The number of benzene rings is 2. The maximum Gasteiger partial charge on any atom is 0.225 e. The van der Waals surface area contributed by atoms with Crippen molar-refractivity contribution in [2.24, 2.45) is 0 Å². The Morgan fingerprint density at radius 2 is 1.74 bits per heavy atom. The fraction of sp³-hybridized carbons (Fsp3) is 0.423. The van der Waals surface area contributed by atoms with Crippen molar-refractivity contribution in [3.8, 4) is 11.5 Å². The third-order valence-electron chi connectivity index (χ3n) is 6.27. The Balaban J connectivity index is 1.33. The van der Waals surface area contributed by atoms with Crippen LogP contribution in [0.3, 0.4) is 0 Å². The normalized spacial score (nSPS) is 17.8. The SMILES string of the molecule is COc1ccc(OC)c(CC(=O)N[C@H]2CC[C@@H](Nc3nc(N(C)C)c4ccccc4n3)CC2)c1. The van der Waals surface area contributed by atoms with Crippen LogP contribution >= 0.6 is 0 Å². The molecule has 0 unspecified atom stereocenters. The fourth-order valence-electron chi connectivity index (χ4n) is 4.50. The quantitative estimate of drug-likeness (QED) is 0.525. The number of fused-ring (bicyclic) bond motifs is 1. The van der Waals surface area contributed by atoms with Crippen molar-refractivity contribution in [2.45, 2.75) is 44.2 Å². The summed E-state index contributed by atoms with van der Waals surface area (Å²) < 4.78 is 10.7. The van der Waals surface area contributed by atoms with Crippen LogP contribution in [0.25, 0.3) is 10.9 Å². The molecule has 1 aliphatic carbocycles. The van der Waals surface area contributed by atoms with E-state index in [9.17, 15) is 4.79 Å². The first-order chi connectivity index (χ1) is 16.5. The largest absolute Gasteiger partial charge is 0.497 e. The number of para-hydroxylation sites is 1. The van der Waals surface area contributed by atoms with E-state index in [1.165, 1.54) is 0 Å². The Morgan fingerprint density at radius 3 is 2.44 bits per heavy atom. The second kappa shape index (κ2) is 10.6. The van der Waals surface area contributed by atoms with Gasteiger partial charge in [0.25, 0.3) is 0 Å². The van der Waals surface area contributed by atoms with E-state index >= 15 is 0 Å². The third-order valence-corrected chi connectivity index (χ3v) is 6.27. The summed E-state index contributed by atoms with van der Waals surface area (Å²) in [5, 5.41) is 7.74. The molecule has 1 fully saturated rings. The number of amides is 1. The number of aromatic nitrogens is 2. The Labute approximate surface area is 200 Å². The summed E-state index contributed by atoms with van der Waals surface area (Å²) in [4.78, 5) is 24.2. The van der Waals surface area contributed by atoms with Gasteiger partial charge in [-0.1, -0.05) is 12.1 Å². The van der Waals surface area contributed by atoms with E-state index in [4.69, 9.17) is 19.4 Å². The van der Waals surface area contributed by atoms with Crippen LogP contribution in [0.1, 0.15) is 31.2 Å². The molecule has 8 heteroatoms. The van der Waals surface area contributed by atoms with Crippen LogP contribution in [0.4, 0.5) is 11.8 Å². The lowest BCUT2D eigenvalue weighted by Crippen LogP contribution is -2.41. The van der Waals surface area contributed by atoms with Gasteiger partial charge in [-0.05, 0) is 56.0 Å². The number of hydrogen-bond donors (Lipinski definition) is 2. The van der Waals surface area contributed by atoms with Gasteiger partial charge in [0.2, 0.25) is 11.9 Å². The average molecular weight is 464 g/mol.